The molecule has 0 aromatic heterocycles. The monoisotopic (exact) mass is 384 g/mol. The van der Waals surface area contributed by atoms with Crippen LogP contribution in [0.2, 0.25) is 25.2 Å². The fourth-order valence-electron chi connectivity index (χ4n) is 4.69. The van der Waals surface area contributed by atoms with E-state index in [2.05, 4.69) is 110 Å². The summed E-state index contributed by atoms with van der Waals surface area (Å²) in [7, 11) is -3.42. The summed E-state index contributed by atoms with van der Waals surface area (Å²) in [5.41, 5.74) is 4.18. The largest absolute Gasteiger partial charge is 0.148 e. The molecule has 1 heterocycles. The molecule has 1 aliphatic heterocycles. The van der Waals surface area contributed by atoms with Gasteiger partial charge in [-0.1, -0.05) is 122 Å². The molecule has 27 heavy (non-hydrogen) atoms. The Balaban J connectivity index is 2.06. The Kier molecular flexibility index (Phi) is 5.03. The molecule has 3 aromatic rings. The normalized spacial score (nSPS) is 18.4. The fraction of sp³-hybridized carbons (Fsp3) is 0.200. The molecule has 0 bridgehead atoms. The zero-order valence-corrected chi connectivity index (χ0v) is 18.4. The highest BCUT2D eigenvalue weighted by Crippen LogP contribution is 2.37. The van der Waals surface area contributed by atoms with Gasteiger partial charge in [-0.15, -0.1) is 0 Å². The summed E-state index contributed by atoms with van der Waals surface area (Å²) >= 11 is 0. The predicted molar refractivity (Wildman–Crippen MR) is 124 cm³/mol. The lowest BCUT2D eigenvalue weighted by molar-refractivity contribution is 1.04. The maximum absolute atomic E-state index is 2.75. The van der Waals surface area contributed by atoms with Crippen molar-refractivity contribution in [1.82, 2.24) is 0 Å². The molecule has 3 aromatic carbocycles. The summed E-state index contributed by atoms with van der Waals surface area (Å²) in [5.74, 6) is 0. The van der Waals surface area contributed by atoms with Gasteiger partial charge in [-0.25, -0.2) is 0 Å². The quantitative estimate of drug-likeness (QED) is 0.521. The number of hydrogen-bond donors (Lipinski definition) is 0. The average Bonchev–Trinajstić information content (AvgIpc) is 2.86. The van der Waals surface area contributed by atoms with E-state index >= 15 is 0 Å². The third-order valence-corrected chi connectivity index (χ3v) is 14.1. The molecule has 0 N–H and O–H groups in total. The average molecular weight is 385 g/mol. The van der Waals surface area contributed by atoms with Gasteiger partial charge in [0.2, 0.25) is 0 Å². The van der Waals surface area contributed by atoms with E-state index in [1.165, 1.54) is 24.1 Å². The van der Waals surface area contributed by atoms with Gasteiger partial charge in [0.05, 0.1) is 8.07 Å². The second-order valence-corrected chi connectivity index (χ2v) is 17.2. The van der Waals surface area contributed by atoms with Crippen molar-refractivity contribution in [3.05, 3.63) is 102 Å². The van der Waals surface area contributed by atoms with Gasteiger partial charge in [0, 0.05) is 0 Å². The fourth-order valence-corrected chi connectivity index (χ4v) is 14.1. The number of rotatable bonds is 3. The van der Waals surface area contributed by atoms with Gasteiger partial charge in [0.25, 0.3) is 0 Å². The molecule has 0 aliphatic carbocycles. The van der Waals surface area contributed by atoms with Crippen LogP contribution in [0.25, 0.3) is 5.20 Å². The van der Waals surface area contributed by atoms with Gasteiger partial charge in [-0.05, 0) is 27.2 Å². The van der Waals surface area contributed by atoms with Crippen LogP contribution >= 0.6 is 0 Å². The summed E-state index contributed by atoms with van der Waals surface area (Å²) in [5, 5.41) is 4.76. The minimum Gasteiger partial charge on any atom is -0.0941 e. The summed E-state index contributed by atoms with van der Waals surface area (Å²) in [4.78, 5) is 0. The van der Waals surface area contributed by atoms with E-state index in [9.17, 15) is 0 Å². The van der Waals surface area contributed by atoms with Gasteiger partial charge >= 0.3 is 0 Å². The van der Waals surface area contributed by atoms with E-state index in [0.29, 0.717) is 0 Å². The van der Waals surface area contributed by atoms with Gasteiger partial charge in [0.15, 0.2) is 0 Å². The molecule has 0 saturated heterocycles. The summed E-state index contributed by atoms with van der Waals surface area (Å²) in [6.45, 7) is 5.08. The molecule has 0 unspecified atom stereocenters. The lowest BCUT2D eigenvalue weighted by atomic mass is 10.2. The van der Waals surface area contributed by atoms with Gasteiger partial charge in [0.1, 0.15) is 8.07 Å². The first-order valence-corrected chi connectivity index (χ1v) is 15.5. The molecule has 0 nitrogen and oxygen atoms in total. The van der Waals surface area contributed by atoms with Gasteiger partial charge < -0.3 is 0 Å². The van der Waals surface area contributed by atoms with Crippen LogP contribution in [0.3, 0.4) is 0 Å². The van der Waals surface area contributed by atoms with Gasteiger partial charge in [-0.2, -0.15) is 0 Å². The zero-order chi connectivity index (χ0) is 18.7. The Bertz CT molecular complexity index is 873. The lowest BCUT2D eigenvalue weighted by Crippen LogP contribution is -2.59. The molecule has 0 saturated carbocycles. The number of benzene rings is 3. The highest BCUT2D eigenvalue weighted by molar-refractivity contribution is 7.16. The molecular formula is C25H28Si2. The van der Waals surface area contributed by atoms with Crippen molar-refractivity contribution in [2.75, 3.05) is 0 Å². The van der Waals surface area contributed by atoms with Crippen LogP contribution < -0.4 is 10.4 Å². The first-order valence-electron chi connectivity index (χ1n) is 10.0. The maximum atomic E-state index is 2.75. The van der Waals surface area contributed by atoms with Crippen molar-refractivity contribution in [2.24, 2.45) is 0 Å². The van der Waals surface area contributed by atoms with Crippen molar-refractivity contribution in [3.8, 4) is 0 Å². The topological polar surface area (TPSA) is 0 Å². The van der Waals surface area contributed by atoms with E-state index < -0.39 is 16.1 Å². The molecule has 0 radical (unpaired) electrons. The lowest BCUT2D eigenvalue weighted by Gasteiger charge is -2.35. The molecular weight excluding hydrogens is 356 g/mol. The standard InChI is InChI=1S/C25H28Si2/c1-26(2)19-12-20-27(23-15-8-4-9-16-23,24-17-10-5-11-18-24)25(21-26)22-13-6-3-7-14-22/h3-11,13-18,21H,12,19-20H2,1-2H3. The minimum absolute atomic E-state index is 1.30. The Morgan fingerprint density at radius 3 is 1.59 bits per heavy atom. The molecule has 136 valence electrons. The zero-order valence-electron chi connectivity index (χ0n) is 16.4. The summed E-state index contributed by atoms with van der Waals surface area (Å²) < 4.78 is 0. The second kappa shape index (κ2) is 7.45. The van der Waals surface area contributed by atoms with E-state index in [0.717, 1.165) is 0 Å². The van der Waals surface area contributed by atoms with Crippen molar-refractivity contribution in [2.45, 2.75) is 31.6 Å². The Morgan fingerprint density at radius 1 is 0.593 bits per heavy atom. The second-order valence-electron chi connectivity index (χ2n) is 8.40. The van der Waals surface area contributed by atoms with Crippen molar-refractivity contribution >= 4 is 31.7 Å². The van der Waals surface area contributed by atoms with Crippen LogP contribution in [0.1, 0.15) is 12.0 Å². The van der Waals surface area contributed by atoms with Crippen LogP contribution in [0.4, 0.5) is 0 Å². The number of hydrogen-bond acceptors (Lipinski definition) is 0. The molecule has 4 rings (SSSR count). The van der Waals surface area contributed by atoms with Crippen LogP contribution in [0.15, 0.2) is 96.7 Å². The third-order valence-electron chi connectivity index (χ3n) is 5.99. The predicted octanol–water partition coefficient (Wildman–Crippen LogP) is 5.52. The van der Waals surface area contributed by atoms with E-state index in [4.69, 9.17) is 0 Å². The Hall–Kier alpha value is -2.17. The molecule has 0 atom stereocenters. The Labute approximate surface area is 165 Å². The van der Waals surface area contributed by atoms with E-state index in [-0.39, 0.29) is 0 Å². The maximum Gasteiger partial charge on any atom is 0.148 e. The van der Waals surface area contributed by atoms with Crippen LogP contribution in [0.5, 0.6) is 0 Å². The van der Waals surface area contributed by atoms with E-state index in [1.807, 2.05) is 0 Å². The highest BCUT2D eigenvalue weighted by atomic mass is 28.3. The SMILES string of the molecule is C[Si]1(C)C=C(c2ccccc2)[Si](c2ccccc2)(c2ccccc2)CCC1. The smallest absolute Gasteiger partial charge is 0.0941 e. The first kappa shape index (κ1) is 18.2. The van der Waals surface area contributed by atoms with Crippen LogP contribution in [-0.4, -0.2) is 16.1 Å². The van der Waals surface area contributed by atoms with Crippen molar-refractivity contribution < 1.29 is 0 Å². The van der Waals surface area contributed by atoms with Crippen LogP contribution in [-0.2, 0) is 0 Å². The van der Waals surface area contributed by atoms with Crippen molar-refractivity contribution in [1.29, 1.82) is 0 Å². The highest BCUT2D eigenvalue weighted by Gasteiger charge is 2.44. The first-order chi connectivity index (χ1) is 13.1. The molecule has 1 aliphatic rings. The van der Waals surface area contributed by atoms with Crippen LogP contribution in [0, 0.1) is 0 Å². The molecule has 2 heteroatoms. The third kappa shape index (κ3) is 3.52. The Morgan fingerprint density at radius 2 is 1.07 bits per heavy atom. The molecule has 0 spiro atoms. The van der Waals surface area contributed by atoms with E-state index in [1.54, 1.807) is 15.6 Å². The minimum atomic E-state index is -2.05. The summed E-state index contributed by atoms with van der Waals surface area (Å²) in [6, 6.07) is 36.6. The summed E-state index contributed by atoms with van der Waals surface area (Å²) in [6.07, 6.45) is 1.34. The molecule has 0 fully saturated rings. The van der Waals surface area contributed by atoms with Gasteiger partial charge in [-0.3, -0.25) is 0 Å². The molecule has 0 amide bonds. The van der Waals surface area contributed by atoms with Crippen molar-refractivity contribution in [3.63, 3.8) is 0 Å².